The number of carbonyl (C=O) groups excluding carboxylic acids is 1. The Morgan fingerprint density at radius 1 is 1.25 bits per heavy atom. The molecule has 2 aliphatic rings. The van der Waals surface area contributed by atoms with Gasteiger partial charge in [0.15, 0.2) is 5.78 Å². The monoisotopic (exact) mass is 330 g/mol. The average Bonchev–Trinajstić information content (AvgIpc) is 3.40. The molecule has 2 aromatic rings. The van der Waals surface area contributed by atoms with Gasteiger partial charge in [0.1, 0.15) is 11.6 Å². The van der Waals surface area contributed by atoms with Crippen molar-refractivity contribution in [3.05, 3.63) is 39.7 Å². The lowest BCUT2D eigenvalue weighted by Crippen LogP contribution is -2.29. The number of aromatic nitrogens is 2. The molecule has 126 valence electrons. The molecular formula is C18H19FN2O3. The molecule has 1 aliphatic heterocycles. The minimum atomic E-state index is -0.576. The second-order valence-electron chi connectivity index (χ2n) is 6.67. The molecule has 6 heteroatoms. The summed E-state index contributed by atoms with van der Waals surface area (Å²) in [5.41, 5.74) is 0.275. The van der Waals surface area contributed by atoms with Crippen molar-refractivity contribution >= 4 is 16.7 Å². The van der Waals surface area contributed by atoms with Crippen LogP contribution in [-0.4, -0.2) is 28.5 Å². The molecule has 1 saturated carbocycles. The molecule has 0 bridgehead atoms. The molecule has 1 aromatic carbocycles. The van der Waals surface area contributed by atoms with Gasteiger partial charge in [-0.2, -0.15) is 0 Å². The van der Waals surface area contributed by atoms with E-state index in [1.54, 1.807) is 4.57 Å². The van der Waals surface area contributed by atoms with Crippen molar-refractivity contribution in [2.24, 2.45) is 0 Å². The Kier molecular flexibility index (Phi) is 3.72. The number of ether oxygens (including phenoxy) is 1. The molecule has 1 aliphatic carbocycles. The van der Waals surface area contributed by atoms with Crippen LogP contribution in [0.5, 0.6) is 0 Å². The number of benzene rings is 1. The van der Waals surface area contributed by atoms with Crippen molar-refractivity contribution in [2.75, 3.05) is 13.2 Å². The summed E-state index contributed by atoms with van der Waals surface area (Å²) in [5, 5.41) is 0.197. The smallest absolute Gasteiger partial charge is 0.261 e. The number of ketones is 1. The number of hydrogen-bond donors (Lipinski definition) is 0. The van der Waals surface area contributed by atoms with Crippen molar-refractivity contribution in [2.45, 2.75) is 44.6 Å². The minimum Gasteiger partial charge on any atom is -0.381 e. The summed E-state index contributed by atoms with van der Waals surface area (Å²) >= 11 is 0. The van der Waals surface area contributed by atoms with E-state index in [0.29, 0.717) is 18.7 Å². The van der Waals surface area contributed by atoms with Gasteiger partial charge >= 0.3 is 0 Å². The van der Waals surface area contributed by atoms with Crippen molar-refractivity contribution in [3.63, 3.8) is 0 Å². The Morgan fingerprint density at radius 2 is 1.96 bits per heavy atom. The Morgan fingerprint density at radius 3 is 2.58 bits per heavy atom. The van der Waals surface area contributed by atoms with Crippen LogP contribution in [0.25, 0.3) is 10.9 Å². The number of Topliss-reactive ketones (excluding diaryl/α,β-unsaturated/α-hetero) is 1. The van der Waals surface area contributed by atoms with Crippen LogP contribution in [0.2, 0.25) is 0 Å². The standard InChI is InChI=1S/C18H19FN2O3/c1-10(22)14-8-12(19)9-15-16(14)20-17(11-4-6-24-7-5-11)21(18(15)23)13-2-3-13/h8-9,11,13H,2-7H2,1H3. The fourth-order valence-electron chi connectivity index (χ4n) is 3.48. The molecule has 2 heterocycles. The summed E-state index contributed by atoms with van der Waals surface area (Å²) < 4.78 is 21.0. The van der Waals surface area contributed by atoms with Crippen molar-refractivity contribution in [3.8, 4) is 0 Å². The van der Waals surface area contributed by atoms with E-state index in [-0.39, 0.29) is 34.3 Å². The molecule has 1 aromatic heterocycles. The predicted molar refractivity (Wildman–Crippen MR) is 87.0 cm³/mol. The summed E-state index contributed by atoms with van der Waals surface area (Å²) in [6.07, 6.45) is 3.50. The second kappa shape index (κ2) is 5.77. The van der Waals surface area contributed by atoms with Crippen LogP contribution in [0.1, 0.15) is 60.7 Å². The molecule has 2 fully saturated rings. The largest absolute Gasteiger partial charge is 0.381 e. The van der Waals surface area contributed by atoms with Gasteiger partial charge in [-0.3, -0.25) is 14.2 Å². The summed E-state index contributed by atoms with van der Waals surface area (Å²) in [5.74, 6) is 0.00924. The molecule has 0 radical (unpaired) electrons. The first-order valence-electron chi connectivity index (χ1n) is 8.40. The van der Waals surface area contributed by atoms with Gasteiger partial charge in [0.2, 0.25) is 0 Å². The number of fused-ring (bicyclic) bond motifs is 1. The molecule has 0 N–H and O–H groups in total. The maximum absolute atomic E-state index is 13.9. The fraction of sp³-hybridized carbons (Fsp3) is 0.500. The van der Waals surface area contributed by atoms with E-state index in [9.17, 15) is 14.0 Å². The van der Waals surface area contributed by atoms with Gasteiger partial charge in [-0.15, -0.1) is 0 Å². The van der Waals surface area contributed by atoms with E-state index in [1.807, 2.05) is 0 Å². The highest BCUT2D eigenvalue weighted by Crippen LogP contribution is 2.38. The zero-order valence-electron chi connectivity index (χ0n) is 13.5. The van der Waals surface area contributed by atoms with E-state index in [0.717, 1.165) is 31.5 Å². The number of carbonyl (C=O) groups is 1. The third-order valence-corrected chi connectivity index (χ3v) is 4.87. The van der Waals surface area contributed by atoms with Gasteiger partial charge < -0.3 is 4.74 Å². The maximum Gasteiger partial charge on any atom is 0.261 e. The van der Waals surface area contributed by atoms with Crippen LogP contribution < -0.4 is 5.56 Å². The Balaban J connectivity index is 2.01. The number of nitrogens with zero attached hydrogens (tertiary/aromatic N) is 2. The van der Waals surface area contributed by atoms with Crippen molar-refractivity contribution < 1.29 is 13.9 Å². The molecule has 0 spiro atoms. The van der Waals surface area contributed by atoms with Crippen LogP contribution in [-0.2, 0) is 4.74 Å². The highest BCUT2D eigenvalue weighted by Gasteiger charge is 2.32. The van der Waals surface area contributed by atoms with Gasteiger partial charge in [0.25, 0.3) is 5.56 Å². The Hall–Kier alpha value is -2.08. The summed E-state index contributed by atoms with van der Waals surface area (Å²) in [6.45, 7) is 2.66. The average molecular weight is 330 g/mol. The van der Waals surface area contributed by atoms with Gasteiger partial charge in [0.05, 0.1) is 10.9 Å². The molecule has 0 amide bonds. The van der Waals surface area contributed by atoms with Crippen LogP contribution >= 0.6 is 0 Å². The minimum absolute atomic E-state index is 0.140. The number of hydrogen-bond acceptors (Lipinski definition) is 4. The Bertz CT molecular complexity index is 880. The lowest BCUT2D eigenvalue weighted by Gasteiger charge is -2.25. The van der Waals surface area contributed by atoms with E-state index >= 15 is 0 Å². The molecule has 1 saturated heterocycles. The van der Waals surface area contributed by atoms with Crippen molar-refractivity contribution in [1.82, 2.24) is 9.55 Å². The van der Waals surface area contributed by atoms with Crippen molar-refractivity contribution in [1.29, 1.82) is 0 Å². The van der Waals surface area contributed by atoms with Crippen LogP contribution in [0.15, 0.2) is 16.9 Å². The zero-order valence-corrected chi connectivity index (χ0v) is 13.5. The summed E-state index contributed by atoms with van der Waals surface area (Å²) in [6, 6.07) is 2.52. The van der Waals surface area contributed by atoms with Gasteiger partial charge in [0, 0.05) is 30.7 Å². The molecule has 0 atom stereocenters. The first-order valence-corrected chi connectivity index (χ1v) is 8.40. The molecule has 4 rings (SSSR count). The van der Waals surface area contributed by atoms with Gasteiger partial charge in [-0.25, -0.2) is 9.37 Å². The van der Waals surface area contributed by atoms with Crippen LogP contribution in [0.4, 0.5) is 4.39 Å². The van der Waals surface area contributed by atoms with Gasteiger partial charge in [-0.05, 0) is 44.7 Å². The third-order valence-electron chi connectivity index (χ3n) is 4.87. The third kappa shape index (κ3) is 2.55. The highest BCUT2D eigenvalue weighted by molar-refractivity contribution is 6.05. The lowest BCUT2D eigenvalue weighted by atomic mass is 9.98. The lowest BCUT2D eigenvalue weighted by molar-refractivity contribution is 0.0825. The zero-order chi connectivity index (χ0) is 16.8. The summed E-state index contributed by atoms with van der Waals surface area (Å²) in [4.78, 5) is 29.6. The molecule has 24 heavy (non-hydrogen) atoms. The van der Waals surface area contributed by atoms with E-state index in [4.69, 9.17) is 9.72 Å². The first kappa shape index (κ1) is 15.4. The number of halogens is 1. The van der Waals surface area contributed by atoms with E-state index < -0.39 is 5.82 Å². The highest BCUT2D eigenvalue weighted by atomic mass is 19.1. The topological polar surface area (TPSA) is 61.2 Å². The quantitative estimate of drug-likeness (QED) is 0.812. The second-order valence-corrected chi connectivity index (χ2v) is 6.67. The maximum atomic E-state index is 13.9. The normalized spacial score (nSPS) is 18.9. The van der Waals surface area contributed by atoms with Crippen LogP contribution in [0.3, 0.4) is 0 Å². The predicted octanol–water partition coefficient (Wildman–Crippen LogP) is 2.97. The first-order chi connectivity index (χ1) is 11.6. The van der Waals surface area contributed by atoms with Crippen LogP contribution in [0, 0.1) is 5.82 Å². The van der Waals surface area contributed by atoms with E-state index in [1.165, 1.54) is 19.1 Å². The van der Waals surface area contributed by atoms with Gasteiger partial charge in [-0.1, -0.05) is 0 Å². The van der Waals surface area contributed by atoms with E-state index in [2.05, 4.69) is 0 Å². The number of rotatable bonds is 3. The molecule has 5 nitrogen and oxygen atoms in total. The SMILES string of the molecule is CC(=O)c1cc(F)cc2c(=O)n(C3CC3)c(C3CCOCC3)nc12. The molecular weight excluding hydrogens is 311 g/mol. The molecule has 0 unspecified atom stereocenters. The Labute approximate surface area is 138 Å². The summed E-state index contributed by atoms with van der Waals surface area (Å²) in [7, 11) is 0. The fourth-order valence-corrected chi connectivity index (χ4v) is 3.48.